The Balaban J connectivity index is 1.62. The lowest BCUT2D eigenvalue weighted by Crippen LogP contribution is -2.44. The van der Waals surface area contributed by atoms with Crippen LogP contribution in [-0.2, 0) is 4.79 Å². The lowest BCUT2D eigenvalue weighted by atomic mass is 10.2. The molecule has 0 atom stereocenters. The summed E-state index contributed by atoms with van der Waals surface area (Å²) in [5, 5.41) is 12.7. The zero-order chi connectivity index (χ0) is 19.2. The topological polar surface area (TPSA) is 65.0 Å². The molecule has 27 heavy (non-hydrogen) atoms. The molecule has 142 valence electrons. The summed E-state index contributed by atoms with van der Waals surface area (Å²) in [5.74, 6) is 0.220. The van der Waals surface area contributed by atoms with E-state index in [0.717, 1.165) is 43.1 Å². The van der Waals surface area contributed by atoms with Crippen LogP contribution >= 0.6 is 0 Å². The molecule has 1 heterocycles. The van der Waals surface area contributed by atoms with Crippen molar-refractivity contribution in [1.82, 2.24) is 4.90 Å². The number of carbonyl (C=O) groups excluding carboxylic acids is 1. The van der Waals surface area contributed by atoms with E-state index in [2.05, 4.69) is 28.2 Å². The van der Waals surface area contributed by atoms with E-state index < -0.39 is 0 Å². The van der Waals surface area contributed by atoms with Gasteiger partial charge in [0, 0.05) is 43.6 Å². The van der Waals surface area contributed by atoms with E-state index in [1.54, 1.807) is 24.3 Å². The number of phenols is 1. The minimum atomic E-state index is -0.221. The molecule has 0 spiro atoms. The van der Waals surface area contributed by atoms with E-state index in [1.165, 1.54) is 13.2 Å². The first kappa shape index (κ1) is 18.8. The van der Waals surface area contributed by atoms with Crippen molar-refractivity contribution in [2.24, 2.45) is 0 Å². The number of nitrogens with zero attached hydrogens (tertiary/aromatic N) is 2. The monoisotopic (exact) mass is 367 g/mol. The molecule has 1 fully saturated rings. The van der Waals surface area contributed by atoms with Crippen molar-refractivity contribution in [2.75, 3.05) is 50.6 Å². The highest BCUT2D eigenvalue weighted by atomic mass is 16.5. The van der Waals surface area contributed by atoms with Gasteiger partial charge in [0.25, 0.3) is 0 Å². The molecule has 2 aromatic rings. The van der Waals surface area contributed by atoms with Crippen molar-refractivity contribution in [2.45, 2.75) is 0 Å². The molecule has 0 aliphatic carbocycles. The van der Waals surface area contributed by atoms with Crippen molar-refractivity contribution in [3.8, 4) is 11.5 Å². The number of ether oxygens (including phenoxy) is 1. The summed E-state index contributed by atoms with van der Waals surface area (Å²) in [5.41, 5.74) is 2.60. The minimum Gasteiger partial charge on any atom is -0.504 e. The summed E-state index contributed by atoms with van der Waals surface area (Å²) in [6.45, 7) is 4.03. The first-order valence-corrected chi connectivity index (χ1v) is 8.95. The van der Waals surface area contributed by atoms with Crippen LogP contribution in [0.2, 0.25) is 0 Å². The second-order valence-corrected chi connectivity index (χ2v) is 6.59. The number of hydrogen-bond donors (Lipinski definition) is 2. The number of likely N-dealkylation sites (N-methyl/N-ethyl adjacent to an activating group) is 1. The Hall–Kier alpha value is -2.99. The van der Waals surface area contributed by atoms with Crippen molar-refractivity contribution >= 4 is 23.4 Å². The Morgan fingerprint density at radius 2 is 1.93 bits per heavy atom. The standard InChI is InChI=1S/C21H25N3O3/c1-23-10-12-24(13-11-23)18-5-3-4-17(15-18)22-21(26)9-7-16-6-8-20(27-2)19(25)14-16/h3-9,14-15,25H,10-13H2,1-2H3,(H,22,26). The van der Waals surface area contributed by atoms with Gasteiger partial charge in [0.15, 0.2) is 11.5 Å². The van der Waals surface area contributed by atoms with Gasteiger partial charge in [-0.2, -0.15) is 0 Å². The molecule has 0 unspecified atom stereocenters. The fourth-order valence-electron chi connectivity index (χ4n) is 3.01. The highest BCUT2D eigenvalue weighted by molar-refractivity contribution is 6.02. The molecule has 0 bridgehead atoms. The fourth-order valence-corrected chi connectivity index (χ4v) is 3.01. The van der Waals surface area contributed by atoms with Crippen LogP contribution in [0.3, 0.4) is 0 Å². The highest BCUT2D eigenvalue weighted by Gasteiger charge is 2.14. The molecule has 3 rings (SSSR count). The third-order valence-electron chi connectivity index (χ3n) is 4.61. The number of benzene rings is 2. The van der Waals surface area contributed by atoms with E-state index in [4.69, 9.17) is 4.74 Å². The average molecular weight is 367 g/mol. The number of rotatable bonds is 5. The molecule has 1 saturated heterocycles. The summed E-state index contributed by atoms with van der Waals surface area (Å²) < 4.78 is 5.01. The van der Waals surface area contributed by atoms with E-state index in [1.807, 2.05) is 18.2 Å². The van der Waals surface area contributed by atoms with Gasteiger partial charge in [0.05, 0.1) is 7.11 Å². The fraction of sp³-hybridized carbons (Fsp3) is 0.286. The van der Waals surface area contributed by atoms with Crippen LogP contribution in [-0.4, -0.2) is 56.3 Å². The summed E-state index contributed by atoms with van der Waals surface area (Å²) in [7, 11) is 3.62. The molecule has 6 heteroatoms. The SMILES string of the molecule is COc1ccc(C=CC(=O)Nc2cccc(N3CCN(C)CC3)c2)cc1O. The Kier molecular flexibility index (Phi) is 5.98. The van der Waals surface area contributed by atoms with Crippen LogP contribution in [0.1, 0.15) is 5.56 Å². The molecule has 0 radical (unpaired) electrons. The molecule has 2 aromatic carbocycles. The molecule has 0 aromatic heterocycles. The Morgan fingerprint density at radius 3 is 2.63 bits per heavy atom. The number of hydrogen-bond acceptors (Lipinski definition) is 5. The molecular weight excluding hydrogens is 342 g/mol. The number of methoxy groups -OCH3 is 1. The number of amides is 1. The van der Waals surface area contributed by atoms with E-state index in [9.17, 15) is 9.90 Å². The molecule has 1 aliphatic rings. The summed E-state index contributed by atoms with van der Waals surface area (Å²) in [6, 6.07) is 12.9. The van der Waals surface area contributed by atoms with Gasteiger partial charge in [-0.15, -0.1) is 0 Å². The van der Waals surface area contributed by atoms with Gasteiger partial charge in [-0.1, -0.05) is 12.1 Å². The number of piperazine rings is 1. The van der Waals surface area contributed by atoms with Crippen molar-refractivity contribution in [1.29, 1.82) is 0 Å². The maximum absolute atomic E-state index is 12.2. The van der Waals surface area contributed by atoms with E-state index in [-0.39, 0.29) is 11.7 Å². The Morgan fingerprint density at radius 1 is 1.15 bits per heavy atom. The predicted molar refractivity (Wildman–Crippen MR) is 108 cm³/mol. The Bertz CT molecular complexity index is 827. The van der Waals surface area contributed by atoms with Gasteiger partial charge in [0.1, 0.15) is 0 Å². The van der Waals surface area contributed by atoms with Crippen molar-refractivity contribution in [3.63, 3.8) is 0 Å². The number of carbonyl (C=O) groups is 1. The molecule has 6 nitrogen and oxygen atoms in total. The first-order valence-electron chi connectivity index (χ1n) is 8.95. The zero-order valence-corrected chi connectivity index (χ0v) is 15.7. The molecule has 1 amide bonds. The first-order chi connectivity index (χ1) is 13.0. The highest BCUT2D eigenvalue weighted by Crippen LogP contribution is 2.26. The van der Waals surface area contributed by atoms with Gasteiger partial charge >= 0.3 is 0 Å². The number of aromatic hydroxyl groups is 1. The van der Waals surface area contributed by atoms with Crippen LogP contribution in [0.15, 0.2) is 48.5 Å². The Labute approximate surface area is 159 Å². The number of anilines is 2. The van der Waals surface area contributed by atoms with Crippen LogP contribution in [0.5, 0.6) is 11.5 Å². The maximum atomic E-state index is 12.2. The van der Waals surface area contributed by atoms with Crippen LogP contribution in [0, 0.1) is 0 Å². The predicted octanol–water partition coefficient (Wildman–Crippen LogP) is 2.80. The largest absolute Gasteiger partial charge is 0.504 e. The number of phenolic OH excluding ortho intramolecular Hbond substituents is 1. The molecule has 1 aliphatic heterocycles. The average Bonchev–Trinajstić information content (AvgIpc) is 2.67. The lowest BCUT2D eigenvalue weighted by Gasteiger charge is -2.34. The summed E-state index contributed by atoms with van der Waals surface area (Å²) >= 11 is 0. The molecule has 0 saturated carbocycles. The van der Waals surface area contributed by atoms with Crippen LogP contribution in [0.4, 0.5) is 11.4 Å². The summed E-state index contributed by atoms with van der Waals surface area (Å²) in [4.78, 5) is 16.9. The van der Waals surface area contributed by atoms with E-state index >= 15 is 0 Å². The third kappa shape index (κ3) is 5.01. The minimum absolute atomic E-state index is 0.0416. The smallest absolute Gasteiger partial charge is 0.248 e. The van der Waals surface area contributed by atoms with Crippen molar-refractivity contribution in [3.05, 3.63) is 54.1 Å². The number of nitrogens with one attached hydrogen (secondary N) is 1. The van der Waals surface area contributed by atoms with Crippen LogP contribution < -0.4 is 15.0 Å². The molecule has 2 N–H and O–H groups in total. The van der Waals surface area contributed by atoms with Gasteiger partial charge in [0.2, 0.25) is 5.91 Å². The van der Waals surface area contributed by atoms with Gasteiger partial charge in [-0.3, -0.25) is 4.79 Å². The van der Waals surface area contributed by atoms with Gasteiger partial charge < -0.3 is 25.0 Å². The molecular formula is C21H25N3O3. The summed E-state index contributed by atoms with van der Waals surface area (Å²) in [6.07, 6.45) is 3.10. The lowest BCUT2D eigenvalue weighted by molar-refractivity contribution is -0.111. The van der Waals surface area contributed by atoms with Crippen LogP contribution in [0.25, 0.3) is 6.08 Å². The second kappa shape index (κ2) is 8.60. The van der Waals surface area contributed by atoms with Crippen molar-refractivity contribution < 1.29 is 14.6 Å². The quantitative estimate of drug-likeness (QED) is 0.796. The third-order valence-corrected chi connectivity index (χ3v) is 4.61. The van der Waals surface area contributed by atoms with Gasteiger partial charge in [-0.25, -0.2) is 0 Å². The zero-order valence-electron chi connectivity index (χ0n) is 15.7. The van der Waals surface area contributed by atoms with E-state index in [0.29, 0.717) is 5.75 Å². The maximum Gasteiger partial charge on any atom is 0.248 e. The van der Waals surface area contributed by atoms with Gasteiger partial charge in [-0.05, 0) is 49.0 Å². The normalized spacial score (nSPS) is 15.1. The second-order valence-electron chi connectivity index (χ2n) is 6.59.